The summed E-state index contributed by atoms with van der Waals surface area (Å²) >= 11 is 0. The van der Waals surface area contributed by atoms with Crippen molar-refractivity contribution in [2.45, 2.75) is 38.8 Å². The lowest BCUT2D eigenvalue weighted by molar-refractivity contribution is -0.199. The highest BCUT2D eigenvalue weighted by Gasteiger charge is 2.40. The minimum absolute atomic E-state index is 0.154. The van der Waals surface area contributed by atoms with Crippen molar-refractivity contribution in [3.63, 3.8) is 0 Å². The van der Waals surface area contributed by atoms with Crippen molar-refractivity contribution in [3.8, 4) is 11.8 Å². The molecule has 0 N–H and O–H groups in total. The number of halogens is 3. The van der Waals surface area contributed by atoms with Crippen LogP contribution in [0.25, 0.3) is 0 Å². The lowest BCUT2D eigenvalue weighted by Crippen LogP contribution is -2.55. The van der Waals surface area contributed by atoms with Crippen molar-refractivity contribution in [2.75, 3.05) is 24.5 Å². The molecule has 0 aromatic carbocycles. The molecule has 1 saturated heterocycles. The average molecular weight is 450 g/mol. The van der Waals surface area contributed by atoms with E-state index in [4.69, 9.17) is 10.00 Å². The first-order valence-electron chi connectivity index (χ1n) is 9.75. The van der Waals surface area contributed by atoms with Gasteiger partial charge in [0.2, 0.25) is 5.95 Å². The molecule has 0 saturated carbocycles. The van der Waals surface area contributed by atoms with Crippen molar-refractivity contribution in [2.24, 2.45) is 0 Å². The van der Waals surface area contributed by atoms with Crippen LogP contribution in [0.4, 0.5) is 23.9 Å². The molecule has 0 spiro atoms. The summed E-state index contributed by atoms with van der Waals surface area (Å²) in [5.74, 6) is 0.814. The molecule has 1 amide bonds. The molecule has 1 aliphatic rings. The smallest absolute Gasteiger partial charge is 0.425 e. The molecule has 0 aliphatic carbocycles. The maximum atomic E-state index is 12.6. The van der Waals surface area contributed by atoms with Gasteiger partial charge in [0.05, 0.1) is 18.0 Å². The highest BCUT2D eigenvalue weighted by molar-refractivity contribution is 5.68. The molecule has 2 atom stereocenters. The van der Waals surface area contributed by atoms with E-state index in [1.165, 1.54) is 23.5 Å². The molecule has 2 aromatic heterocycles. The van der Waals surface area contributed by atoms with Crippen LogP contribution in [0.3, 0.4) is 0 Å². The minimum Gasteiger partial charge on any atom is -0.486 e. The normalized spacial score (nSPS) is 17.4. The Labute approximate surface area is 182 Å². The van der Waals surface area contributed by atoms with E-state index in [0.29, 0.717) is 29.4 Å². The number of amides is 1. The van der Waals surface area contributed by atoms with Crippen LogP contribution in [0.1, 0.15) is 25.0 Å². The van der Waals surface area contributed by atoms with Gasteiger partial charge < -0.3 is 19.3 Å². The number of nitrogens with zero attached hydrogens (tertiary/aromatic N) is 6. The van der Waals surface area contributed by atoms with Crippen LogP contribution in [0.2, 0.25) is 0 Å². The largest absolute Gasteiger partial charge is 0.486 e. The van der Waals surface area contributed by atoms with E-state index < -0.39 is 18.4 Å². The molecule has 32 heavy (non-hydrogen) atoms. The summed E-state index contributed by atoms with van der Waals surface area (Å²) in [5.41, 5.74) is 1.10. The summed E-state index contributed by atoms with van der Waals surface area (Å²) in [6.07, 6.45) is -1.76. The van der Waals surface area contributed by atoms with Gasteiger partial charge in [0.1, 0.15) is 12.7 Å². The molecule has 1 fully saturated rings. The van der Waals surface area contributed by atoms with Gasteiger partial charge >= 0.3 is 12.3 Å². The summed E-state index contributed by atoms with van der Waals surface area (Å²) in [6, 6.07) is 3.50. The number of pyridine rings is 1. The van der Waals surface area contributed by atoms with E-state index in [0.717, 1.165) is 6.92 Å². The number of carbonyl (C=O) groups is 1. The van der Waals surface area contributed by atoms with Crippen molar-refractivity contribution in [1.82, 2.24) is 19.9 Å². The maximum Gasteiger partial charge on any atom is 0.425 e. The van der Waals surface area contributed by atoms with E-state index in [1.807, 2.05) is 17.9 Å². The van der Waals surface area contributed by atoms with Crippen LogP contribution in [-0.2, 0) is 11.3 Å². The van der Waals surface area contributed by atoms with Gasteiger partial charge in [-0.3, -0.25) is 4.98 Å². The number of nitriles is 1. The number of hydrogen-bond donors (Lipinski definition) is 0. The predicted octanol–water partition coefficient (Wildman–Crippen LogP) is 2.92. The Hall–Kier alpha value is -3.62. The first-order valence-corrected chi connectivity index (χ1v) is 9.75. The molecular weight excluding hydrogens is 429 g/mol. The second-order valence-electron chi connectivity index (χ2n) is 7.21. The monoisotopic (exact) mass is 450 g/mol. The van der Waals surface area contributed by atoms with Crippen LogP contribution in [0, 0.1) is 11.3 Å². The lowest BCUT2D eigenvalue weighted by atomic mass is 10.2. The fourth-order valence-corrected chi connectivity index (χ4v) is 3.06. The van der Waals surface area contributed by atoms with Gasteiger partial charge in [-0.25, -0.2) is 14.8 Å². The summed E-state index contributed by atoms with van der Waals surface area (Å²) in [7, 11) is 0. The first-order chi connectivity index (χ1) is 15.2. The maximum absolute atomic E-state index is 12.6. The fourth-order valence-electron chi connectivity index (χ4n) is 3.06. The number of aromatic nitrogens is 3. The molecule has 9 nitrogen and oxygen atoms in total. The standard InChI is InChI=1S/C20H21F3N6O3/c1-13-11-28(19(30)32-14(2)20(21,22)23)5-6-29(13)18-26-9-17(10-27-18)31-12-15-3-4-25-8-16(15)7-24/h3-4,8-10,13-14H,5-6,11-12H2,1-2H3/t13?,14-/m0/s1. The summed E-state index contributed by atoms with van der Waals surface area (Å²) in [4.78, 5) is 27.6. The van der Waals surface area contributed by atoms with Crippen molar-refractivity contribution >= 4 is 12.0 Å². The molecular formula is C20H21F3N6O3. The number of ether oxygens (including phenoxy) is 2. The lowest BCUT2D eigenvalue weighted by Gasteiger charge is -2.39. The van der Waals surface area contributed by atoms with E-state index in [1.54, 1.807) is 12.3 Å². The number of carbonyl (C=O) groups excluding carboxylic acids is 1. The van der Waals surface area contributed by atoms with Crippen LogP contribution < -0.4 is 9.64 Å². The summed E-state index contributed by atoms with van der Waals surface area (Å²) < 4.78 is 48.0. The Morgan fingerprint density at radius 2 is 2.03 bits per heavy atom. The summed E-state index contributed by atoms with van der Waals surface area (Å²) in [6.45, 7) is 3.44. The topological polar surface area (TPSA) is 104 Å². The number of rotatable bonds is 5. The van der Waals surface area contributed by atoms with E-state index in [2.05, 4.69) is 19.7 Å². The van der Waals surface area contributed by atoms with Crippen LogP contribution >= 0.6 is 0 Å². The molecule has 3 rings (SSSR count). The molecule has 1 unspecified atom stereocenters. The van der Waals surface area contributed by atoms with Gasteiger partial charge in [-0.2, -0.15) is 18.4 Å². The highest BCUT2D eigenvalue weighted by atomic mass is 19.4. The van der Waals surface area contributed by atoms with Crippen molar-refractivity contribution in [1.29, 1.82) is 5.26 Å². The first kappa shape index (κ1) is 23.1. The average Bonchev–Trinajstić information content (AvgIpc) is 2.77. The molecule has 1 aliphatic heterocycles. The van der Waals surface area contributed by atoms with Gasteiger partial charge in [0.25, 0.3) is 0 Å². The molecule has 0 radical (unpaired) electrons. The van der Waals surface area contributed by atoms with Gasteiger partial charge in [0, 0.05) is 43.6 Å². The highest BCUT2D eigenvalue weighted by Crippen LogP contribution is 2.24. The van der Waals surface area contributed by atoms with E-state index in [-0.39, 0.29) is 25.7 Å². The van der Waals surface area contributed by atoms with Gasteiger partial charge in [-0.05, 0) is 19.9 Å². The SMILES string of the molecule is CC1CN(C(=O)O[C@@H](C)C(F)(F)F)CCN1c1ncc(OCc2ccncc2C#N)cn1. The van der Waals surface area contributed by atoms with E-state index >= 15 is 0 Å². The molecule has 170 valence electrons. The Morgan fingerprint density at radius 3 is 2.66 bits per heavy atom. The third-order valence-electron chi connectivity index (χ3n) is 4.92. The number of piperazine rings is 1. The molecule has 2 aromatic rings. The van der Waals surface area contributed by atoms with Crippen LogP contribution in [-0.4, -0.2) is 63.9 Å². The second kappa shape index (κ2) is 9.67. The Morgan fingerprint density at radius 1 is 1.31 bits per heavy atom. The zero-order chi connectivity index (χ0) is 23.3. The van der Waals surface area contributed by atoms with E-state index in [9.17, 15) is 18.0 Å². The number of anilines is 1. The third kappa shape index (κ3) is 5.54. The van der Waals surface area contributed by atoms with Crippen LogP contribution in [0.5, 0.6) is 5.75 Å². The van der Waals surface area contributed by atoms with Crippen molar-refractivity contribution in [3.05, 3.63) is 42.0 Å². The fraction of sp³-hybridized carbons (Fsp3) is 0.450. The van der Waals surface area contributed by atoms with Gasteiger partial charge in [-0.1, -0.05) is 0 Å². The Bertz CT molecular complexity index is 980. The summed E-state index contributed by atoms with van der Waals surface area (Å²) in [5, 5.41) is 9.09. The Kier molecular flexibility index (Phi) is 6.97. The third-order valence-corrected chi connectivity index (χ3v) is 4.92. The zero-order valence-electron chi connectivity index (χ0n) is 17.4. The number of hydrogen-bond acceptors (Lipinski definition) is 8. The minimum atomic E-state index is -4.60. The van der Waals surface area contributed by atoms with Crippen molar-refractivity contribution < 1.29 is 27.4 Å². The van der Waals surface area contributed by atoms with Gasteiger partial charge in [0.15, 0.2) is 11.9 Å². The molecule has 3 heterocycles. The number of alkyl halides is 3. The van der Waals surface area contributed by atoms with Crippen LogP contribution in [0.15, 0.2) is 30.9 Å². The molecule has 0 bridgehead atoms. The Balaban J connectivity index is 1.55. The zero-order valence-corrected chi connectivity index (χ0v) is 17.4. The second-order valence-corrected chi connectivity index (χ2v) is 7.21. The van der Waals surface area contributed by atoms with Gasteiger partial charge in [-0.15, -0.1) is 0 Å². The quantitative estimate of drug-likeness (QED) is 0.685. The molecule has 12 heteroatoms. The predicted molar refractivity (Wildman–Crippen MR) is 106 cm³/mol.